The van der Waals surface area contributed by atoms with Crippen LogP contribution in [0.5, 0.6) is 17.2 Å². The lowest BCUT2D eigenvalue weighted by atomic mass is 10.1. The second-order valence-corrected chi connectivity index (χ2v) is 6.19. The quantitative estimate of drug-likeness (QED) is 0.498. The lowest BCUT2D eigenvalue weighted by Crippen LogP contribution is -2.13. The van der Waals surface area contributed by atoms with Gasteiger partial charge in [0.25, 0.3) is 5.91 Å². The Morgan fingerprint density at radius 1 is 0.833 bits per heavy atom. The van der Waals surface area contributed by atoms with E-state index in [9.17, 15) is 13.6 Å². The van der Waals surface area contributed by atoms with Crippen molar-refractivity contribution >= 4 is 11.6 Å². The number of para-hydroxylation sites is 1. The number of rotatable bonds is 9. The van der Waals surface area contributed by atoms with Gasteiger partial charge in [-0.25, -0.2) is 8.78 Å². The van der Waals surface area contributed by atoms with Crippen LogP contribution < -0.4 is 19.5 Å². The molecule has 0 aliphatic rings. The van der Waals surface area contributed by atoms with E-state index in [1.165, 1.54) is 12.1 Å². The molecule has 3 aromatic rings. The number of hydrogen-bond acceptors (Lipinski definition) is 4. The predicted octanol–water partition coefficient (Wildman–Crippen LogP) is 5.07. The third kappa shape index (κ3) is 5.70. The number of carbonyl (C=O) groups excluding carboxylic acids is 1. The summed E-state index contributed by atoms with van der Waals surface area (Å²) >= 11 is 0. The Labute approximate surface area is 173 Å². The van der Waals surface area contributed by atoms with E-state index in [0.29, 0.717) is 24.7 Å². The summed E-state index contributed by atoms with van der Waals surface area (Å²) in [5.74, 6) is -0.891. The highest BCUT2D eigenvalue weighted by Crippen LogP contribution is 2.29. The molecule has 0 aromatic heterocycles. The standard InChI is InChI=1S/C23H21F2NO4/c1-2-28-22-14-16(23(27)26-17-9-10-19(24)20(25)15-17)8-11-21(22)30-13-12-29-18-6-4-3-5-7-18/h3-11,14-15H,2,12-13H2,1H3,(H,26,27). The number of benzene rings is 3. The third-order valence-electron chi connectivity index (χ3n) is 4.04. The largest absolute Gasteiger partial charge is 0.490 e. The van der Waals surface area contributed by atoms with E-state index >= 15 is 0 Å². The summed E-state index contributed by atoms with van der Waals surface area (Å²) < 4.78 is 43.3. The Morgan fingerprint density at radius 3 is 2.33 bits per heavy atom. The maximum atomic E-state index is 13.3. The van der Waals surface area contributed by atoms with Crippen molar-refractivity contribution in [3.63, 3.8) is 0 Å². The molecule has 0 spiro atoms. The monoisotopic (exact) mass is 413 g/mol. The summed E-state index contributed by atoms with van der Waals surface area (Å²) in [5, 5.41) is 2.52. The smallest absolute Gasteiger partial charge is 0.255 e. The van der Waals surface area contributed by atoms with Crippen LogP contribution >= 0.6 is 0 Å². The second-order valence-electron chi connectivity index (χ2n) is 6.19. The number of anilines is 1. The van der Waals surface area contributed by atoms with Gasteiger partial charge in [0.1, 0.15) is 19.0 Å². The Hall–Kier alpha value is -3.61. The van der Waals surface area contributed by atoms with Gasteiger partial charge in [-0.2, -0.15) is 0 Å². The fourth-order valence-corrected chi connectivity index (χ4v) is 2.64. The second kappa shape index (κ2) is 10.2. The number of halogens is 2. The van der Waals surface area contributed by atoms with Gasteiger partial charge in [-0.1, -0.05) is 18.2 Å². The van der Waals surface area contributed by atoms with E-state index in [2.05, 4.69) is 5.32 Å². The van der Waals surface area contributed by atoms with Crippen molar-refractivity contribution in [1.29, 1.82) is 0 Å². The van der Waals surface area contributed by atoms with Crippen LogP contribution in [0, 0.1) is 11.6 Å². The molecule has 30 heavy (non-hydrogen) atoms. The molecule has 1 N–H and O–H groups in total. The van der Waals surface area contributed by atoms with E-state index in [4.69, 9.17) is 14.2 Å². The van der Waals surface area contributed by atoms with Crippen molar-refractivity contribution in [3.05, 3.63) is 83.9 Å². The Balaban J connectivity index is 1.63. The molecule has 156 valence electrons. The zero-order valence-electron chi connectivity index (χ0n) is 16.4. The minimum Gasteiger partial charge on any atom is -0.490 e. The number of hydrogen-bond donors (Lipinski definition) is 1. The summed E-state index contributed by atoms with van der Waals surface area (Å²) in [6, 6.07) is 17.2. The van der Waals surface area contributed by atoms with Crippen LogP contribution in [0.15, 0.2) is 66.7 Å². The first-order valence-corrected chi connectivity index (χ1v) is 9.40. The van der Waals surface area contributed by atoms with E-state index in [-0.39, 0.29) is 17.9 Å². The van der Waals surface area contributed by atoms with Gasteiger partial charge in [0.05, 0.1) is 6.61 Å². The predicted molar refractivity (Wildman–Crippen MR) is 109 cm³/mol. The maximum absolute atomic E-state index is 13.3. The normalized spacial score (nSPS) is 10.4. The molecule has 5 nitrogen and oxygen atoms in total. The highest BCUT2D eigenvalue weighted by atomic mass is 19.2. The lowest BCUT2D eigenvalue weighted by Gasteiger charge is -2.14. The molecule has 0 heterocycles. The van der Waals surface area contributed by atoms with Crippen LogP contribution in [0.1, 0.15) is 17.3 Å². The van der Waals surface area contributed by atoms with Gasteiger partial charge < -0.3 is 19.5 Å². The first-order chi connectivity index (χ1) is 14.6. The number of carbonyl (C=O) groups is 1. The Bertz CT molecular complexity index is 996. The van der Waals surface area contributed by atoms with E-state index in [0.717, 1.165) is 17.9 Å². The molecule has 0 fully saturated rings. The first kappa shape index (κ1) is 21.1. The van der Waals surface area contributed by atoms with Crippen molar-refractivity contribution < 1.29 is 27.8 Å². The minimum atomic E-state index is -1.04. The Kier molecular flexibility index (Phi) is 7.21. The van der Waals surface area contributed by atoms with Gasteiger partial charge in [0, 0.05) is 17.3 Å². The Morgan fingerprint density at radius 2 is 1.60 bits per heavy atom. The molecule has 0 atom stereocenters. The molecule has 0 radical (unpaired) electrons. The minimum absolute atomic E-state index is 0.148. The van der Waals surface area contributed by atoms with Crippen molar-refractivity contribution in [3.8, 4) is 17.2 Å². The van der Waals surface area contributed by atoms with E-state index in [1.54, 1.807) is 12.1 Å². The topological polar surface area (TPSA) is 56.8 Å². The van der Waals surface area contributed by atoms with Crippen molar-refractivity contribution in [2.45, 2.75) is 6.92 Å². The van der Waals surface area contributed by atoms with Gasteiger partial charge >= 0.3 is 0 Å². The lowest BCUT2D eigenvalue weighted by molar-refractivity contribution is 0.102. The summed E-state index contributed by atoms with van der Waals surface area (Å²) in [6.07, 6.45) is 0. The fourth-order valence-electron chi connectivity index (χ4n) is 2.64. The van der Waals surface area contributed by atoms with Crippen molar-refractivity contribution in [2.24, 2.45) is 0 Å². The molecule has 0 saturated heterocycles. The molecule has 0 bridgehead atoms. The van der Waals surface area contributed by atoms with Gasteiger partial charge in [0.15, 0.2) is 23.1 Å². The number of nitrogens with one attached hydrogen (secondary N) is 1. The molecule has 1 amide bonds. The molecule has 0 unspecified atom stereocenters. The highest BCUT2D eigenvalue weighted by Gasteiger charge is 2.13. The zero-order valence-corrected chi connectivity index (χ0v) is 16.4. The van der Waals surface area contributed by atoms with Gasteiger partial charge in [-0.3, -0.25) is 4.79 Å². The third-order valence-corrected chi connectivity index (χ3v) is 4.04. The van der Waals surface area contributed by atoms with Crippen LogP contribution in [0.4, 0.5) is 14.5 Å². The first-order valence-electron chi connectivity index (χ1n) is 9.40. The van der Waals surface area contributed by atoms with Crippen molar-refractivity contribution in [1.82, 2.24) is 0 Å². The summed E-state index contributed by atoms with van der Waals surface area (Å²) in [5.41, 5.74) is 0.436. The average molecular weight is 413 g/mol. The average Bonchev–Trinajstić information content (AvgIpc) is 2.75. The van der Waals surface area contributed by atoms with Gasteiger partial charge in [-0.05, 0) is 49.4 Å². The summed E-state index contributed by atoms with van der Waals surface area (Å²) in [7, 11) is 0. The summed E-state index contributed by atoms with van der Waals surface area (Å²) in [6.45, 7) is 2.82. The fraction of sp³-hybridized carbons (Fsp3) is 0.174. The van der Waals surface area contributed by atoms with Crippen LogP contribution in [0.25, 0.3) is 0 Å². The molecule has 3 aromatic carbocycles. The van der Waals surface area contributed by atoms with Crippen LogP contribution in [-0.2, 0) is 0 Å². The number of amides is 1. The van der Waals surface area contributed by atoms with Gasteiger partial charge in [-0.15, -0.1) is 0 Å². The molecule has 0 aliphatic carbocycles. The van der Waals surface area contributed by atoms with Crippen molar-refractivity contribution in [2.75, 3.05) is 25.1 Å². The molecule has 0 aliphatic heterocycles. The zero-order chi connectivity index (χ0) is 21.3. The molecular weight excluding hydrogens is 392 g/mol. The van der Waals surface area contributed by atoms with E-state index < -0.39 is 17.5 Å². The maximum Gasteiger partial charge on any atom is 0.255 e. The summed E-state index contributed by atoms with van der Waals surface area (Å²) in [4.78, 5) is 12.5. The van der Waals surface area contributed by atoms with Crippen LogP contribution in [0.2, 0.25) is 0 Å². The van der Waals surface area contributed by atoms with Crippen LogP contribution in [0.3, 0.4) is 0 Å². The molecule has 0 saturated carbocycles. The van der Waals surface area contributed by atoms with Crippen LogP contribution in [-0.4, -0.2) is 25.7 Å². The highest BCUT2D eigenvalue weighted by molar-refractivity contribution is 6.04. The SMILES string of the molecule is CCOc1cc(C(=O)Nc2ccc(F)c(F)c2)ccc1OCCOc1ccccc1. The van der Waals surface area contributed by atoms with Gasteiger partial charge in [0.2, 0.25) is 0 Å². The molecule has 3 rings (SSSR count). The van der Waals surface area contributed by atoms with E-state index in [1.807, 2.05) is 37.3 Å². The molecule has 7 heteroatoms. The number of ether oxygens (including phenoxy) is 3. The molecular formula is C23H21F2NO4.